The van der Waals surface area contributed by atoms with Crippen molar-refractivity contribution < 1.29 is 36.7 Å². The molecule has 42 heavy (non-hydrogen) atoms. The van der Waals surface area contributed by atoms with Gasteiger partial charge in [0.1, 0.15) is 17.2 Å². The van der Waals surface area contributed by atoms with Crippen LogP contribution in [0.2, 0.25) is 0 Å². The summed E-state index contributed by atoms with van der Waals surface area (Å²) in [5.41, 5.74) is 0.356. The molecule has 1 saturated heterocycles. The molecule has 0 unspecified atom stereocenters. The fraction of sp³-hybridized carbons (Fsp3) is 0.259. The number of likely N-dealkylation sites (tertiary alicyclic amines) is 1. The number of fused-ring (bicyclic) bond motifs is 1. The molecule has 0 radical (unpaired) electrons. The Hall–Kier alpha value is -5.08. The number of nitrogens with one attached hydrogen (secondary N) is 2. The number of aromatic nitrogens is 4. The summed E-state index contributed by atoms with van der Waals surface area (Å²) in [6, 6.07) is 6.04. The van der Waals surface area contributed by atoms with Crippen molar-refractivity contribution in [2.24, 2.45) is 0 Å². The van der Waals surface area contributed by atoms with Gasteiger partial charge in [-0.05, 0) is 29.8 Å². The van der Waals surface area contributed by atoms with Crippen LogP contribution in [0.5, 0.6) is 5.88 Å². The normalized spacial score (nSPS) is 14.2. The number of nitrogens with zero attached hydrogens (tertiary/aromatic N) is 5. The topological polar surface area (TPSA) is 131 Å². The lowest BCUT2D eigenvalue weighted by molar-refractivity contribution is -0.114. The van der Waals surface area contributed by atoms with Gasteiger partial charge in [0, 0.05) is 44.3 Å². The van der Waals surface area contributed by atoms with Gasteiger partial charge in [0.15, 0.2) is 11.5 Å². The van der Waals surface area contributed by atoms with E-state index < -0.39 is 54.4 Å². The zero-order valence-corrected chi connectivity index (χ0v) is 22.3. The van der Waals surface area contributed by atoms with E-state index in [0.29, 0.717) is 28.8 Å². The van der Waals surface area contributed by atoms with Crippen LogP contribution in [0, 0.1) is 11.6 Å². The number of carbonyl (C=O) groups is 3. The number of ether oxygens (including phenoxy) is 1. The Morgan fingerprint density at radius 2 is 1.93 bits per heavy atom. The van der Waals surface area contributed by atoms with Gasteiger partial charge in [0.2, 0.25) is 11.8 Å². The molecule has 5 rings (SSSR count). The molecule has 0 bridgehead atoms. The molecule has 0 aliphatic carbocycles. The summed E-state index contributed by atoms with van der Waals surface area (Å²) in [5.74, 6) is -7.21. The van der Waals surface area contributed by atoms with Crippen LogP contribution >= 0.6 is 0 Å². The average molecular weight is 586 g/mol. The van der Waals surface area contributed by atoms with E-state index in [0.717, 1.165) is 11.0 Å². The first-order valence-corrected chi connectivity index (χ1v) is 12.6. The van der Waals surface area contributed by atoms with Crippen LogP contribution in [-0.4, -0.2) is 68.3 Å². The van der Waals surface area contributed by atoms with Crippen LogP contribution < -0.4 is 15.4 Å². The Kier molecular flexibility index (Phi) is 7.49. The Labute approximate surface area is 235 Å². The number of amides is 3. The number of carbonyl (C=O) groups excluding carboxylic acids is 3. The lowest BCUT2D eigenvalue weighted by atomic mass is 10.0. The van der Waals surface area contributed by atoms with E-state index in [4.69, 9.17) is 4.74 Å². The van der Waals surface area contributed by atoms with Crippen molar-refractivity contribution in [3.8, 4) is 17.1 Å². The van der Waals surface area contributed by atoms with Crippen LogP contribution in [0.3, 0.4) is 0 Å². The van der Waals surface area contributed by atoms with Gasteiger partial charge in [0.05, 0.1) is 31.1 Å². The summed E-state index contributed by atoms with van der Waals surface area (Å²) in [5, 5.41) is 9.48. The Balaban J connectivity index is 1.40. The summed E-state index contributed by atoms with van der Waals surface area (Å²) in [6.45, 7) is -0.344. The fourth-order valence-corrected chi connectivity index (χ4v) is 4.54. The van der Waals surface area contributed by atoms with Gasteiger partial charge in [-0.1, -0.05) is 0 Å². The number of hydrogen-bond acceptors (Lipinski definition) is 7. The quantitative estimate of drug-likeness (QED) is 0.318. The molecule has 15 heteroatoms. The molecule has 0 atom stereocenters. The monoisotopic (exact) mass is 585 g/mol. The van der Waals surface area contributed by atoms with Crippen molar-refractivity contribution in [1.29, 1.82) is 0 Å². The third-order valence-corrected chi connectivity index (χ3v) is 6.46. The molecule has 1 fully saturated rings. The predicted octanol–water partition coefficient (Wildman–Crippen LogP) is 3.45. The minimum atomic E-state index is -3.11. The van der Waals surface area contributed by atoms with Gasteiger partial charge in [-0.2, -0.15) is 5.10 Å². The molecule has 4 aromatic rings. The van der Waals surface area contributed by atoms with Crippen molar-refractivity contribution in [2.75, 3.05) is 25.5 Å². The summed E-state index contributed by atoms with van der Waals surface area (Å²) in [7, 11) is 1.29. The van der Waals surface area contributed by atoms with E-state index in [-0.39, 0.29) is 29.5 Å². The molecule has 1 aromatic carbocycles. The first kappa shape index (κ1) is 28.4. The van der Waals surface area contributed by atoms with E-state index in [1.807, 2.05) is 0 Å². The maximum absolute atomic E-state index is 14.7. The van der Waals surface area contributed by atoms with E-state index in [9.17, 15) is 31.9 Å². The minimum absolute atomic E-state index is 0.0506. The second kappa shape index (κ2) is 11.1. The zero-order valence-electron chi connectivity index (χ0n) is 22.3. The van der Waals surface area contributed by atoms with Crippen molar-refractivity contribution in [2.45, 2.75) is 25.8 Å². The molecular weight excluding hydrogens is 562 g/mol. The largest absolute Gasteiger partial charge is 0.480 e. The Bertz CT molecular complexity index is 1730. The second-order valence-electron chi connectivity index (χ2n) is 9.55. The highest BCUT2D eigenvalue weighted by Gasteiger charge is 2.41. The first-order chi connectivity index (χ1) is 19.9. The smallest absolute Gasteiger partial charge is 0.267 e. The van der Waals surface area contributed by atoms with Crippen molar-refractivity contribution in [1.82, 2.24) is 29.8 Å². The Morgan fingerprint density at radius 3 is 2.62 bits per heavy atom. The number of halogens is 4. The van der Waals surface area contributed by atoms with Crippen LogP contribution in [-0.2, 0) is 11.3 Å². The number of rotatable bonds is 7. The number of alkyl halides is 2. The fourth-order valence-electron chi connectivity index (χ4n) is 4.54. The molecular formula is C27H23F4N7O4. The average Bonchev–Trinajstić information content (AvgIpc) is 3.51. The highest BCUT2D eigenvalue weighted by atomic mass is 19.3. The molecule has 0 spiro atoms. The molecule has 1 aliphatic rings. The number of methoxy groups -OCH3 is 1. The Morgan fingerprint density at radius 1 is 1.14 bits per heavy atom. The summed E-state index contributed by atoms with van der Waals surface area (Å²) in [6.07, 6.45) is 2.35. The number of anilines is 1. The maximum Gasteiger partial charge on any atom is 0.267 e. The predicted molar refractivity (Wildman–Crippen MR) is 140 cm³/mol. The standard InChI is InChI=1S/C27H23F4N7O4/c1-14(39)34-21-12-38-22(35-21)4-3-20(36-38)15-8-18(25(42-2)33-10-15)24(40)32-11-16-7-17(28)9-19(29)23(16)26(41)37-6-5-27(30,31)13-37/h3-4,7-10,12H,5-6,11,13H2,1-2H3,(H,32,40)(H,34,39). The summed E-state index contributed by atoms with van der Waals surface area (Å²) < 4.78 is 62.8. The van der Waals surface area contributed by atoms with Crippen LogP contribution in [0.4, 0.5) is 23.4 Å². The van der Waals surface area contributed by atoms with Crippen LogP contribution in [0.15, 0.2) is 42.7 Å². The molecule has 218 valence electrons. The lowest BCUT2D eigenvalue weighted by Crippen LogP contribution is -2.33. The summed E-state index contributed by atoms with van der Waals surface area (Å²) in [4.78, 5) is 46.6. The van der Waals surface area contributed by atoms with Gasteiger partial charge in [-0.25, -0.2) is 32.0 Å². The van der Waals surface area contributed by atoms with E-state index in [2.05, 4.69) is 25.7 Å². The number of hydrogen-bond donors (Lipinski definition) is 2. The van der Waals surface area contributed by atoms with Gasteiger partial charge < -0.3 is 20.3 Å². The minimum Gasteiger partial charge on any atom is -0.480 e. The van der Waals surface area contributed by atoms with E-state index in [1.165, 1.54) is 37.0 Å². The van der Waals surface area contributed by atoms with Crippen molar-refractivity contribution in [3.63, 3.8) is 0 Å². The molecule has 3 amide bonds. The first-order valence-electron chi connectivity index (χ1n) is 12.6. The second-order valence-corrected chi connectivity index (χ2v) is 9.55. The van der Waals surface area contributed by atoms with Crippen molar-refractivity contribution in [3.05, 3.63) is 71.1 Å². The highest BCUT2D eigenvalue weighted by molar-refractivity contribution is 5.98. The lowest BCUT2D eigenvalue weighted by Gasteiger charge is -2.19. The van der Waals surface area contributed by atoms with Crippen LogP contribution in [0.25, 0.3) is 16.9 Å². The SMILES string of the molecule is COc1ncc(-c2ccc3nc(NC(C)=O)cn3n2)cc1C(=O)NCc1cc(F)cc(F)c1C(=O)N1CCC(F)(F)C1. The molecule has 1 aliphatic heterocycles. The number of pyridine rings is 1. The third-order valence-electron chi connectivity index (χ3n) is 6.46. The van der Waals surface area contributed by atoms with Crippen LogP contribution in [0.1, 0.15) is 39.6 Å². The van der Waals surface area contributed by atoms with Gasteiger partial charge in [-0.15, -0.1) is 0 Å². The molecule has 4 heterocycles. The van der Waals surface area contributed by atoms with Gasteiger partial charge in [-0.3, -0.25) is 14.4 Å². The van der Waals surface area contributed by atoms with Gasteiger partial charge in [0.25, 0.3) is 17.7 Å². The molecule has 11 nitrogen and oxygen atoms in total. The number of imidazole rings is 1. The highest BCUT2D eigenvalue weighted by Crippen LogP contribution is 2.30. The molecule has 3 aromatic heterocycles. The third kappa shape index (κ3) is 5.84. The maximum atomic E-state index is 14.7. The number of benzene rings is 1. The molecule has 2 N–H and O–H groups in total. The van der Waals surface area contributed by atoms with E-state index in [1.54, 1.807) is 12.1 Å². The summed E-state index contributed by atoms with van der Waals surface area (Å²) >= 11 is 0. The van der Waals surface area contributed by atoms with Crippen molar-refractivity contribution >= 4 is 29.2 Å². The van der Waals surface area contributed by atoms with E-state index >= 15 is 0 Å². The zero-order chi connectivity index (χ0) is 30.2. The van der Waals surface area contributed by atoms with Gasteiger partial charge >= 0.3 is 0 Å². The molecule has 0 saturated carbocycles.